The van der Waals surface area contributed by atoms with E-state index in [0.717, 1.165) is 6.92 Å². The molecule has 0 aliphatic rings. The van der Waals surface area contributed by atoms with E-state index in [4.69, 9.17) is 11.5 Å². The summed E-state index contributed by atoms with van der Waals surface area (Å²) in [5.74, 6) is -14.5. The molecule has 0 bridgehead atoms. The number of aromatic hydroxyl groups is 1. The number of hydrogen-bond acceptors (Lipinski definition) is 14. The number of phenols is 1. The van der Waals surface area contributed by atoms with Gasteiger partial charge in [-0.1, -0.05) is 53.7 Å². The lowest BCUT2D eigenvalue weighted by molar-refractivity contribution is -0.144. The van der Waals surface area contributed by atoms with Crippen molar-refractivity contribution >= 4 is 71.1 Å². The van der Waals surface area contributed by atoms with Crippen LogP contribution in [-0.2, 0) is 64.0 Å². The largest absolute Gasteiger partial charge is 0.508 e. The SMILES string of the molecule is CC(C)C[C@H](NC(=O)[C@@H](N)CC(C)C)C(=O)N[C@@H](CCC(N)=O)C(=O)N[C@@H](C)C(=O)N[C@@H](C)C(=O)N[C@@H](CC(=O)O)C(=O)N[C@@H](Cc1ccc(O)cc1)C(=O)N[C@@H](CC(=O)O)C(=O)N[C@H](C(=O)O)C(C)C. The van der Waals surface area contributed by atoms with Crippen LogP contribution in [0.15, 0.2) is 24.3 Å². The van der Waals surface area contributed by atoms with Crippen molar-refractivity contribution in [1.29, 1.82) is 0 Å². The van der Waals surface area contributed by atoms with Crippen LogP contribution in [0, 0.1) is 17.8 Å². The molecule has 9 atom stereocenters. The third kappa shape index (κ3) is 23.2. The lowest BCUT2D eigenvalue weighted by Gasteiger charge is -2.27. The fraction of sp³-hybridized carbons (Fsp3) is 0.600. The third-order valence-electron chi connectivity index (χ3n) is 10.5. The lowest BCUT2D eigenvalue weighted by atomic mass is 10.00. The Hall–Kier alpha value is -7.38. The van der Waals surface area contributed by atoms with E-state index in [1.807, 2.05) is 13.8 Å². The normalized spacial score (nSPS) is 14.9. The van der Waals surface area contributed by atoms with Gasteiger partial charge in [-0.15, -0.1) is 0 Å². The van der Waals surface area contributed by atoms with Crippen LogP contribution < -0.4 is 54.0 Å². The van der Waals surface area contributed by atoms with Crippen LogP contribution in [0.5, 0.6) is 5.75 Å². The van der Waals surface area contributed by atoms with Gasteiger partial charge in [0, 0.05) is 12.8 Å². The van der Waals surface area contributed by atoms with Gasteiger partial charge in [0.25, 0.3) is 0 Å². The van der Waals surface area contributed by atoms with Gasteiger partial charge < -0.3 is 74.4 Å². The molecule has 0 heterocycles. The molecule has 1 aromatic carbocycles. The maximum atomic E-state index is 13.7. The van der Waals surface area contributed by atoms with Crippen molar-refractivity contribution in [3.05, 3.63) is 29.8 Å². The topological polar surface area (TPSA) is 434 Å². The average molecular weight is 1010 g/mol. The number of nitrogens with two attached hydrogens (primary N) is 2. The molecule has 9 amide bonds. The maximum absolute atomic E-state index is 13.7. The highest BCUT2D eigenvalue weighted by atomic mass is 16.4. The molecule has 26 heteroatoms. The fourth-order valence-electron chi connectivity index (χ4n) is 6.66. The van der Waals surface area contributed by atoms with Gasteiger partial charge in [-0.3, -0.25) is 52.7 Å². The number of hydrogen-bond donors (Lipinski definition) is 14. The van der Waals surface area contributed by atoms with E-state index >= 15 is 0 Å². The van der Waals surface area contributed by atoms with E-state index in [9.17, 15) is 78.0 Å². The van der Waals surface area contributed by atoms with Crippen LogP contribution in [0.4, 0.5) is 0 Å². The Balaban J connectivity index is 3.30. The van der Waals surface area contributed by atoms with Gasteiger partial charge in [-0.05, 0) is 68.6 Å². The van der Waals surface area contributed by atoms with Gasteiger partial charge in [0.05, 0.1) is 18.9 Å². The molecule has 71 heavy (non-hydrogen) atoms. The highest BCUT2D eigenvalue weighted by molar-refractivity contribution is 5.99. The molecule has 0 spiro atoms. The summed E-state index contributed by atoms with van der Waals surface area (Å²) in [5.41, 5.74) is 11.6. The van der Waals surface area contributed by atoms with Crippen molar-refractivity contribution in [3.8, 4) is 5.75 Å². The average Bonchev–Trinajstić information content (AvgIpc) is 3.25. The molecule has 1 aromatic rings. The number of rotatable bonds is 31. The summed E-state index contributed by atoms with van der Waals surface area (Å²) < 4.78 is 0. The molecule has 0 aliphatic carbocycles. The van der Waals surface area contributed by atoms with Gasteiger partial charge in [0.1, 0.15) is 54.1 Å². The zero-order valence-electron chi connectivity index (χ0n) is 41.0. The summed E-state index contributed by atoms with van der Waals surface area (Å²) in [7, 11) is 0. The fourth-order valence-corrected chi connectivity index (χ4v) is 6.66. The molecule has 396 valence electrons. The van der Waals surface area contributed by atoms with Crippen molar-refractivity contribution in [3.63, 3.8) is 0 Å². The van der Waals surface area contributed by atoms with Crippen LogP contribution >= 0.6 is 0 Å². The third-order valence-corrected chi connectivity index (χ3v) is 10.5. The zero-order valence-corrected chi connectivity index (χ0v) is 41.0. The van der Waals surface area contributed by atoms with Gasteiger partial charge in [-0.2, -0.15) is 0 Å². The van der Waals surface area contributed by atoms with Gasteiger partial charge in [-0.25, -0.2) is 4.79 Å². The number of carboxylic acids is 3. The number of phenolic OH excluding ortho intramolecular Hbond substituents is 1. The number of carbonyl (C=O) groups excluding carboxylic acids is 9. The van der Waals surface area contributed by atoms with Gasteiger partial charge >= 0.3 is 17.9 Å². The monoisotopic (exact) mass is 1010 g/mol. The van der Waals surface area contributed by atoms with E-state index < -0.39 is 151 Å². The molecular formula is C45H70N10O16. The molecule has 16 N–H and O–H groups in total. The molecule has 0 aliphatic heterocycles. The first-order chi connectivity index (χ1) is 32.9. The maximum Gasteiger partial charge on any atom is 0.326 e. The van der Waals surface area contributed by atoms with Crippen molar-refractivity contribution in [1.82, 2.24) is 42.5 Å². The summed E-state index contributed by atoms with van der Waals surface area (Å²) in [5, 5.41) is 57.0. The first-order valence-corrected chi connectivity index (χ1v) is 22.8. The number of nitrogens with one attached hydrogen (secondary N) is 8. The first-order valence-electron chi connectivity index (χ1n) is 22.8. The Kier molecular flexibility index (Phi) is 25.7. The summed E-state index contributed by atoms with van der Waals surface area (Å²) >= 11 is 0. The lowest BCUT2D eigenvalue weighted by Crippen LogP contribution is -2.60. The molecular weight excluding hydrogens is 937 g/mol. The summed E-state index contributed by atoms with van der Waals surface area (Å²) in [4.78, 5) is 154. The van der Waals surface area contributed by atoms with E-state index in [1.165, 1.54) is 45.0 Å². The zero-order chi connectivity index (χ0) is 54.4. The highest BCUT2D eigenvalue weighted by Crippen LogP contribution is 2.14. The van der Waals surface area contributed by atoms with Gasteiger partial charge in [0.2, 0.25) is 53.2 Å². The number of amides is 9. The van der Waals surface area contributed by atoms with Crippen molar-refractivity contribution in [2.24, 2.45) is 29.2 Å². The highest BCUT2D eigenvalue weighted by Gasteiger charge is 2.35. The molecule has 0 radical (unpaired) electrons. The molecule has 1 rings (SSSR count). The minimum Gasteiger partial charge on any atom is -0.508 e. The van der Waals surface area contributed by atoms with Crippen LogP contribution in [0.3, 0.4) is 0 Å². The van der Waals surface area contributed by atoms with E-state index in [0.29, 0.717) is 6.42 Å². The Morgan fingerprint density at radius 3 is 1.35 bits per heavy atom. The first kappa shape index (κ1) is 61.6. The summed E-state index contributed by atoms with van der Waals surface area (Å²) in [6.07, 6.45) is -2.75. The van der Waals surface area contributed by atoms with Crippen molar-refractivity contribution < 1.29 is 78.0 Å². The second-order valence-corrected chi connectivity index (χ2v) is 18.3. The van der Waals surface area contributed by atoms with Crippen molar-refractivity contribution in [2.45, 2.75) is 155 Å². The minimum absolute atomic E-state index is 0.0727. The van der Waals surface area contributed by atoms with Crippen LogP contribution in [-0.4, -0.2) is 146 Å². The number of carbonyl (C=O) groups is 12. The Bertz CT molecular complexity index is 2080. The number of carboxylic acid groups (broad SMARTS) is 3. The molecule has 0 saturated carbocycles. The van der Waals surface area contributed by atoms with E-state index in [2.05, 4.69) is 42.5 Å². The van der Waals surface area contributed by atoms with Crippen LogP contribution in [0.25, 0.3) is 0 Å². The van der Waals surface area contributed by atoms with E-state index in [1.54, 1.807) is 13.8 Å². The number of benzene rings is 1. The number of aliphatic carboxylic acids is 3. The van der Waals surface area contributed by atoms with Crippen LogP contribution in [0.2, 0.25) is 0 Å². The standard InChI is InChI=1S/C45H70N10O16/c1-20(2)15-27(46)39(64)52-29(16-21(3)4)41(66)50-28(13-14-33(47)57)40(65)49-23(7)37(62)48-24(8)38(63)51-31(18-34(58)59)43(68)53-30(17-25-9-11-26(56)12-10-25)42(67)54-32(19-35(60)61)44(69)55-36(22(5)6)45(70)71/h9-12,20-24,27-32,36,56H,13-19,46H2,1-8H3,(H2,47,57)(H,48,62)(H,49,65)(H,50,66)(H,51,63)(H,52,64)(H,53,68)(H,54,67)(H,55,69)(H,58,59)(H,60,61)(H,70,71)/t23-,24-,27-,28-,29-,30-,31-,32-,36-/m0/s1. The second-order valence-electron chi connectivity index (χ2n) is 18.3. The molecule has 26 nitrogen and oxygen atoms in total. The predicted molar refractivity (Wildman–Crippen MR) is 251 cm³/mol. The van der Waals surface area contributed by atoms with Gasteiger partial charge in [0.15, 0.2) is 0 Å². The molecule has 0 saturated heterocycles. The summed E-state index contributed by atoms with van der Waals surface area (Å²) in [6, 6.07) is -8.36. The Morgan fingerprint density at radius 1 is 0.493 bits per heavy atom. The van der Waals surface area contributed by atoms with Crippen molar-refractivity contribution in [2.75, 3.05) is 0 Å². The molecule has 0 aromatic heterocycles. The second kappa shape index (κ2) is 29.6. The smallest absolute Gasteiger partial charge is 0.326 e. The molecule has 0 fully saturated rings. The Morgan fingerprint density at radius 2 is 0.887 bits per heavy atom. The minimum atomic E-state index is -1.95. The van der Waals surface area contributed by atoms with E-state index in [-0.39, 0.29) is 42.4 Å². The Labute approximate surface area is 410 Å². The molecule has 0 unspecified atom stereocenters. The predicted octanol–water partition coefficient (Wildman–Crippen LogP) is -2.77. The number of primary amides is 1. The van der Waals surface area contributed by atoms with Crippen LogP contribution in [0.1, 0.15) is 99.5 Å². The quantitative estimate of drug-likeness (QED) is 0.0358. The summed E-state index contributed by atoms with van der Waals surface area (Å²) in [6.45, 7) is 12.6.